The molecule has 20 heavy (non-hydrogen) atoms. The number of nitro groups is 1. The highest BCUT2D eigenvalue weighted by molar-refractivity contribution is 5.67. The Balaban J connectivity index is 2.37. The number of hydrogen-bond acceptors (Lipinski definition) is 4. The van der Waals surface area contributed by atoms with Crippen molar-refractivity contribution in [1.82, 2.24) is 0 Å². The van der Waals surface area contributed by atoms with Crippen molar-refractivity contribution in [2.75, 3.05) is 5.32 Å². The Labute approximate surface area is 114 Å². The summed E-state index contributed by atoms with van der Waals surface area (Å²) in [7, 11) is 0. The van der Waals surface area contributed by atoms with Gasteiger partial charge < -0.3 is 5.32 Å². The van der Waals surface area contributed by atoms with Crippen molar-refractivity contribution in [3.8, 4) is 6.07 Å². The standard InChI is InChI=1S/C14H10FN3O2/c1-9-6-11(15)3-5-13(9)17-12-4-2-10(8-16)14(7-12)18(19)20/h2-7,17H,1H3. The first-order chi connectivity index (χ1) is 9.51. The lowest BCUT2D eigenvalue weighted by molar-refractivity contribution is -0.385. The van der Waals surface area contributed by atoms with Crippen molar-refractivity contribution in [2.24, 2.45) is 0 Å². The molecular weight excluding hydrogens is 261 g/mol. The lowest BCUT2D eigenvalue weighted by Gasteiger charge is -2.09. The van der Waals surface area contributed by atoms with E-state index < -0.39 is 4.92 Å². The van der Waals surface area contributed by atoms with E-state index in [-0.39, 0.29) is 17.1 Å². The van der Waals surface area contributed by atoms with Gasteiger partial charge in [-0.05, 0) is 42.8 Å². The molecule has 0 aliphatic rings. The number of aryl methyl sites for hydroxylation is 1. The Hall–Kier alpha value is -2.94. The molecular formula is C14H10FN3O2. The van der Waals surface area contributed by atoms with Gasteiger partial charge >= 0.3 is 0 Å². The molecule has 1 N–H and O–H groups in total. The molecule has 100 valence electrons. The zero-order chi connectivity index (χ0) is 14.7. The largest absolute Gasteiger partial charge is 0.355 e. The lowest BCUT2D eigenvalue weighted by atomic mass is 10.1. The molecule has 0 unspecified atom stereocenters. The van der Waals surface area contributed by atoms with Gasteiger partial charge in [0.25, 0.3) is 5.69 Å². The molecule has 0 radical (unpaired) electrons. The van der Waals surface area contributed by atoms with Crippen LogP contribution in [0.15, 0.2) is 36.4 Å². The van der Waals surface area contributed by atoms with Gasteiger partial charge in [0.2, 0.25) is 0 Å². The van der Waals surface area contributed by atoms with Gasteiger partial charge in [0.1, 0.15) is 17.4 Å². The second-order valence-electron chi connectivity index (χ2n) is 4.19. The van der Waals surface area contributed by atoms with Crippen LogP contribution in [-0.4, -0.2) is 4.92 Å². The van der Waals surface area contributed by atoms with Gasteiger partial charge in [0.05, 0.1) is 4.92 Å². The van der Waals surface area contributed by atoms with Gasteiger partial charge in [-0.1, -0.05) is 0 Å². The molecule has 0 aliphatic carbocycles. The Morgan fingerprint density at radius 2 is 2.05 bits per heavy atom. The van der Waals surface area contributed by atoms with Crippen LogP contribution in [-0.2, 0) is 0 Å². The van der Waals surface area contributed by atoms with E-state index in [0.717, 1.165) is 0 Å². The smallest absolute Gasteiger partial charge is 0.289 e. The first-order valence-corrected chi connectivity index (χ1v) is 5.73. The van der Waals surface area contributed by atoms with Crippen molar-refractivity contribution in [3.05, 3.63) is 63.5 Å². The molecule has 0 atom stereocenters. The second kappa shape index (κ2) is 5.36. The highest BCUT2D eigenvalue weighted by Crippen LogP contribution is 2.26. The van der Waals surface area contributed by atoms with E-state index in [0.29, 0.717) is 16.9 Å². The Bertz CT molecular complexity index is 723. The summed E-state index contributed by atoms with van der Waals surface area (Å²) in [4.78, 5) is 10.3. The molecule has 2 aromatic carbocycles. The molecule has 5 nitrogen and oxygen atoms in total. The highest BCUT2D eigenvalue weighted by Gasteiger charge is 2.14. The van der Waals surface area contributed by atoms with E-state index in [1.54, 1.807) is 25.1 Å². The number of nitrogens with zero attached hydrogens (tertiary/aromatic N) is 2. The Morgan fingerprint density at radius 3 is 2.65 bits per heavy atom. The Kier molecular flexibility index (Phi) is 3.62. The predicted molar refractivity (Wildman–Crippen MR) is 72.2 cm³/mol. The van der Waals surface area contributed by atoms with Crippen LogP contribution in [0.5, 0.6) is 0 Å². The molecule has 2 aromatic rings. The van der Waals surface area contributed by atoms with E-state index in [1.165, 1.54) is 24.3 Å². The van der Waals surface area contributed by atoms with Crippen molar-refractivity contribution < 1.29 is 9.31 Å². The van der Waals surface area contributed by atoms with Crippen LogP contribution in [0.1, 0.15) is 11.1 Å². The molecule has 0 amide bonds. The number of nitro benzene ring substituents is 1. The summed E-state index contributed by atoms with van der Waals surface area (Å²) >= 11 is 0. The van der Waals surface area contributed by atoms with E-state index in [9.17, 15) is 14.5 Å². The maximum absolute atomic E-state index is 13.0. The Morgan fingerprint density at radius 1 is 1.30 bits per heavy atom. The number of halogens is 1. The molecule has 0 fully saturated rings. The molecule has 0 heterocycles. The second-order valence-corrected chi connectivity index (χ2v) is 4.19. The summed E-state index contributed by atoms with van der Waals surface area (Å²) < 4.78 is 13.0. The third-order valence-corrected chi connectivity index (χ3v) is 2.78. The fourth-order valence-corrected chi connectivity index (χ4v) is 1.78. The van der Waals surface area contributed by atoms with Crippen LogP contribution in [0.25, 0.3) is 0 Å². The average Bonchev–Trinajstić information content (AvgIpc) is 2.41. The summed E-state index contributed by atoms with van der Waals surface area (Å²) in [5, 5.41) is 22.6. The molecule has 0 aromatic heterocycles. The van der Waals surface area contributed by atoms with E-state index in [2.05, 4.69) is 5.32 Å². The third kappa shape index (κ3) is 2.72. The zero-order valence-corrected chi connectivity index (χ0v) is 10.6. The SMILES string of the molecule is Cc1cc(F)ccc1Nc1ccc(C#N)c([N+](=O)[O-])c1. The van der Waals surface area contributed by atoms with Crippen molar-refractivity contribution in [1.29, 1.82) is 5.26 Å². The summed E-state index contributed by atoms with van der Waals surface area (Å²) in [6.45, 7) is 1.73. The fourth-order valence-electron chi connectivity index (χ4n) is 1.78. The maximum atomic E-state index is 13.0. The number of nitrogens with one attached hydrogen (secondary N) is 1. The first-order valence-electron chi connectivity index (χ1n) is 5.73. The minimum atomic E-state index is -0.610. The van der Waals surface area contributed by atoms with Gasteiger partial charge in [-0.2, -0.15) is 5.26 Å². The number of anilines is 2. The molecule has 6 heteroatoms. The first kappa shape index (κ1) is 13.5. The van der Waals surface area contributed by atoms with Gasteiger partial charge in [-0.3, -0.25) is 10.1 Å². The van der Waals surface area contributed by atoms with Crippen molar-refractivity contribution in [2.45, 2.75) is 6.92 Å². The van der Waals surface area contributed by atoms with Crippen LogP contribution in [0.2, 0.25) is 0 Å². The summed E-state index contributed by atoms with van der Waals surface area (Å²) in [6.07, 6.45) is 0. The van der Waals surface area contributed by atoms with Crippen LogP contribution in [0.3, 0.4) is 0 Å². The molecule has 2 rings (SSSR count). The highest BCUT2D eigenvalue weighted by atomic mass is 19.1. The van der Waals surface area contributed by atoms with Gasteiger partial charge in [0, 0.05) is 17.4 Å². The molecule has 0 bridgehead atoms. The summed E-state index contributed by atoms with van der Waals surface area (Å²) in [5.41, 5.74) is 1.52. The molecule has 0 aliphatic heterocycles. The average molecular weight is 271 g/mol. The fraction of sp³-hybridized carbons (Fsp3) is 0.0714. The molecule has 0 saturated heterocycles. The maximum Gasteiger partial charge on any atom is 0.289 e. The van der Waals surface area contributed by atoms with Crippen molar-refractivity contribution in [3.63, 3.8) is 0 Å². The summed E-state index contributed by atoms with van der Waals surface area (Å²) in [6, 6.07) is 10.2. The van der Waals surface area contributed by atoms with Crippen LogP contribution < -0.4 is 5.32 Å². The predicted octanol–water partition coefficient (Wildman–Crippen LogP) is 3.66. The minimum Gasteiger partial charge on any atom is -0.355 e. The topological polar surface area (TPSA) is 79.0 Å². The van der Waals surface area contributed by atoms with E-state index in [4.69, 9.17) is 5.26 Å². The van der Waals surface area contributed by atoms with E-state index >= 15 is 0 Å². The number of rotatable bonds is 3. The molecule has 0 saturated carbocycles. The van der Waals surface area contributed by atoms with Gasteiger partial charge in [-0.25, -0.2) is 4.39 Å². The number of benzene rings is 2. The van der Waals surface area contributed by atoms with Gasteiger partial charge in [-0.15, -0.1) is 0 Å². The van der Waals surface area contributed by atoms with Crippen molar-refractivity contribution >= 4 is 17.1 Å². The lowest BCUT2D eigenvalue weighted by Crippen LogP contribution is -1.97. The van der Waals surface area contributed by atoms with Crippen LogP contribution in [0, 0.1) is 34.2 Å². The third-order valence-electron chi connectivity index (χ3n) is 2.78. The zero-order valence-electron chi connectivity index (χ0n) is 10.6. The minimum absolute atomic E-state index is 0.00335. The normalized spacial score (nSPS) is 9.85. The summed E-state index contributed by atoms with van der Waals surface area (Å²) in [5.74, 6) is -0.348. The van der Waals surface area contributed by atoms with Crippen LogP contribution >= 0.6 is 0 Å². The van der Waals surface area contributed by atoms with Crippen LogP contribution in [0.4, 0.5) is 21.5 Å². The van der Waals surface area contributed by atoms with Gasteiger partial charge in [0.15, 0.2) is 0 Å². The number of nitriles is 1. The quantitative estimate of drug-likeness (QED) is 0.682. The number of hydrogen-bond donors (Lipinski definition) is 1. The van der Waals surface area contributed by atoms with E-state index in [1.807, 2.05) is 0 Å². The molecule has 0 spiro atoms. The monoisotopic (exact) mass is 271 g/mol.